The number of carbonyl (C=O) groups excluding carboxylic acids is 2. The Hall–Kier alpha value is -3.50. The van der Waals surface area contributed by atoms with Gasteiger partial charge in [-0.1, -0.05) is 12.8 Å². The molecule has 2 aromatic heterocycles. The fourth-order valence-electron chi connectivity index (χ4n) is 4.64. The highest BCUT2D eigenvalue weighted by molar-refractivity contribution is 7.14. The fourth-order valence-corrected chi connectivity index (χ4v) is 5.44. The van der Waals surface area contributed by atoms with Crippen LogP contribution in [0.3, 0.4) is 0 Å². The molecule has 2 aliphatic heterocycles. The minimum atomic E-state index is -0.322. The molecule has 2 fully saturated rings. The predicted octanol–water partition coefficient (Wildman–Crippen LogP) is 3.54. The van der Waals surface area contributed by atoms with Crippen LogP contribution in [-0.2, 0) is 6.54 Å². The van der Waals surface area contributed by atoms with Crippen molar-refractivity contribution in [3.8, 4) is 5.75 Å². The highest BCUT2D eigenvalue weighted by Crippen LogP contribution is 2.34. The Bertz CT molecular complexity index is 1280. The normalized spacial score (nSPS) is 17.3. The van der Waals surface area contributed by atoms with Crippen LogP contribution < -0.4 is 25.2 Å². The molecule has 6 rings (SSSR count). The zero-order chi connectivity index (χ0) is 24.5. The van der Waals surface area contributed by atoms with E-state index in [4.69, 9.17) is 4.74 Å². The highest BCUT2D eigenvalue weighted by Gasteiger charge is 2.31. The van der Waals surface area contributed by atoms with Gasteiger partial charge in [0.1, 0.15) is 11.4 Å². The zero-order valence-electron chi connectivity index (χ0n) is 19.9. The van der Waals surface area contributed by atoms with Crippen molar-refractivity contribution in [1.82, 2.24) is 15.3 Å². The first-order chi connectivity index (χ1) is 17.7. The van der Waals surface area contributed by atoms with Crippen LogP contribution in [0.4, 0.5) is 16.5 Å². The van der Waals surface area contributed by atoms with E-state index in [1.165, 1.54) is 24.2 Å². The van der Waals surface area contributed by atoms with E-state index in [2.05, 4.69) is 25.5 Å². The summed E-state index contributed by atoms with van der Waals surface area (Å²) in [5, 5.41) is 8.49. The van der Waals surface area contributed by atoms with Crippen LogP contribution in [0.25, 0.3) is 0 Å². The Labute approximate surface area is 213 Å². The first kappa shape index (κ1) is 22.9. The summed E-state index contributed by atoms with van der Waals surface area (Å²) in [4.78, 5) is 38.6. The second-order valence-electron chi connectivity index (χ2n) is 9.39. The molecule has 0 unspecified atom stereocenters. The molecule has 1 aliphatic carbocycles. The van der Waals surface area contributed by atoms with Crippen LogP contribution in [-0.4, -0.2) is 54.6 Å². The van der Waals surface area contributed by atoms with Gasteiger partial charge in [0.25, 0.3) is 11.8 Å². The van der Waals surface area contributed by atoms with Gasteiger partial charge in [-0.05, 0) is 42.2 Å². The number of hydrogen-bond acceptors (Lipinski definition) is 8. The first-order valence-electron chi connectivity index (χ1n) is 12.4. The third-order valence-corrected chi connectivity index (χ3v) is 7.70. The molecular weight excluding hydrogens is 476 g/mol. The second kappa shape index (κ2) is 9.87. The SMILES string of the molecule is O=C(Nc1cnccc1N1CCNCC1)c1csc(N2Cc3cc(OCCC4CC4)ccc3C2=O)n1. The van der Waals surface area contributed by atoms with Crippen molar-refractivity contribution in [3.05, 3.63) is 58.9 Å². The Balaban J connectivity index is 1.13. The topological polar surface area (TPSA) is 99.7 Å². The van der Waals surface area contributed by atoms with Crippen molar-refractivity contribution in [1.29, 1.82) is 0 Å². The van der Waals surface area contributed by atoms with Gasteiger partial charge in [0.05, 0.1) is 30.7 Å². The number of hydrogen-bond donors (Lipinski definition) is 2. The number of thiazole rings is 1. The molecule has 2 N–H and O–H groups in total. The summed E-state index contributed by atoms with van der Waals surface area (Å²) < 4.78 is 5.90. The van der Waals surface area contributed by atoms with Gasteiger partial charge in [-0.25, -0.2) is 4.98 Å². The summed E-state index contributed by atoms with van der Waals surface area (Å²) in [6.45, 7) is 4.63. The maximum atomic E-state index is 13.0. The van der Waals surface area contributed by atoms with E-state index < -0.39 is 0 Å². The third kappa shape index (κ3) is 4.78. The molecular formula is C26H28N6O3S. The molecule has 0 atom stereocenters. The molecule has 3 aromatic rings. The zero-order valence-corrected chi connectivity index (χ0v) is 20.7. The Kier molecular flexibility index (Phi) is 6.28. The van der Waals surface area contributed by atoms with Gasteiger partial charge in [0, 0.05) is 43.3 Å². The maximum Gasteiger partial charge on any atom is 0.275 e. The van der Waals surface area contributed by atoms with Crippen molar-refractivity contribution in [3.63, 3.8) is 0 Å². The quantitative estimate of drug-likeness (QED) is 0.484. The number of nitrogens with one attached hydrogen (secondary N) is 2. The summed E-state index contributed by atoms with van der Waals surface area (Å²) in [6, 6.07) is 7.54. The molecule has 9 nitrogen and oxygen atoms in total. The first-order valence-corrected chi connectivity index (χ1v) is 13.3. The van der Waals surface area contributed by atoms with Crippen molar-refractivity contribution in [2.75, 3.05) is 47.9 Å². The van der Waals surface area contributed by atoms with Crippen molar-refractivity contribution >= 4 is 39.7 Å². The van der Waals surface area contributed by atoms with E-state index in [9.17, 15) is 9.59 Å². The molecule has 0 bridgehead atoms. The Morgan fingerprint density at radius 1 is 1.22 bits per heavy atom. The van der Waals surface area contributed by atoms with Gasteiger partial charge in [-0.2, -0.15) is 0 Å². The minimum Gasteiger partial charge on any atom is -0.494 e. The van der Waals surface area contributed by atoms with Crippen molar-refractivity contribution < 1.29 is 14.3 Å². The molecule has 10 heteroatoms. The van der Waals surface area contributed by atoms with E-state index >= 15 is 0 Å². The number of anilines is 3. The number of nitrogens with zero attached hydrogens (tertiary/aromatic N) is 4. The van der Waals surface area contributed by atoms with Crippen LogP contribution in [0, 0.1) is 5.92 Å². The number of aromatic nitrogens is 2. The molecule has 1 saturated heterocycles. The average Bonchev–Trinajstić information content (AvgIpc) is 3.49. The van der Waals surface area contributed by atoms with Gasteiger partial charge in [0.2, 0.25) is 0 Å². The van der Waals surface area contributed by atoms with E-state index in [0.29, 0.717) is 29.5 Å². The number of pyridine rings is 1. The second-order valence-corrected chi connectivity index (χ2v) is 10.2. The largest absolute Gasteiger partial charge is 0.494 e. The number of piperazine rings is 1. The van der Waals surface area contributed by atoms with E-state index in [1.54, 1.807) is 22.7 Å². The van der Waals surface area contributed by atoms with Gasteiger partial charge in [0.15, 0.2) is 5.13 Å². The molecule has 1 aromatic carbocycles. The summed E-state index contributed by atoms with van der Waals surface area (Å²) in [5.41, 5.74) is 3.44. The molecule has 4 heterocycles. The van der Waals surface area contributed by atoms with Gasteiger partial charge >= 0.3 is 0 Å². The highest BCUT2D eigenvalue weighted by atomic mass is 32.1. The van der Waals surface area contributed by atoms with Crippen molar-refractivity contribution in [2.24, 2.45) is 5.92 Å². The lowest BCUT2D eigenvalue weighted by Crippen LogP contribution is -2.43. The lowest BCUT2D eigenvalue weighted by atomic mass is 10.1. The average molecular weight is 505 g/mol. The molecule has 3 aliphatic rings. The summed E-state index contributed by atoms with van der Waals surface area (Å²) in [7, 11) is 0. The molecule has 1 saturated carbocycles. The number of ether oxygens (including phenoxy) is 1. The number of benzene rings is 1. The van der Waals surface area contributed by atoms with Crippen LogP contribution in [0.1, 0.15) is 45.7 Å². The Morgan fingerprint density at radius 3 is 2.92 bits per heavy atom. The van der Waals surface area contributed by atoms with Gasteiger partial charge < -0.3 is 20.3 Å². The molecule has 0 spiro atoms. The van der Waals surface area contributed by atoms with Crippen LogP contribution in [0.5, 0.6) is 5.75 Å². The van der Waals surface area contributed by atoms with Gasteiger partial charge in [-0.15, -0.1) is 11.3 Å². The molecule has 2 amide bonds. The van der Waals surface area contributed by atoms with Gasteiger partial charge in [-0.3, -0.25) is 19.5 Å². The summed E-state index contributed by atoms with van der Waals surface area (Å²) in [5.74, 6) is 1.18. The monoisotopic (exact) mass is 504 g/mol. The number of amides is 2. The number of carbonyl (C=O) groups is 2. The molecule has 186 valence electrons. The lowest BCUT2D eigenvalue weighted by molar-refractivity contribution is 0.0991. The number of rotatable bonds is 8. The summed E-state index contributed by atoms with van der Waals surface area (Å²) in [6.07, 6.45) is 7.10. The van der Waals surface area contributed by atoms with Crippen molar-refractivity contribution in [2.45, 2.75) is 25.8 Å². The van der Waals surface area contributed by atoms with E-state index in [1.807, 2.05) is 24.3 Å². The lowest BCUT2D eigenvalue weighted by Gasteiger charge is -2.30. The smallest absolute Gasteiger partial charge is 0.275 e. The fraction of sp³-hybridized carbons (Fsp3) is 0.385. The minimum absolute atomic E-state index is 0.107. The number of fused-ring (bicyclic) bond motifs is 1. The standard InChI is InChI=1S/C26H28N6O3S/c33-24(29-21-14-28-7-5-23(21)31-10-8-27-9-11-31)22-16-36-26(30-22)32-15-18-13-19(3-4-20(18)25(32)34)35-12-6-17-1-2-17/h3-5,7,13-14,16-17,27H,1-2,6,8-12,15H2,(H,29,33). The van der Waals surface area contributed by atoms with E-state index in [-0.39, 0.29) is 17.5 Å². The Morgan fingerprint density at radius 2 is 2.08 bits per heavy atom. The molecule has 36 heavy (non-hydrogen) atoms. The van der Waals surface area contributed by atoms with Crippen LogP contribution in [0.2, 0.25) is 0 Å². The van der Waals surface area contributed by atoms with Crippen LogP contribution >= 0.6 is 11.3 Å². The maximum absolute atomic E-state index is 13.0. The van der Waals surface area contributed by atoms with Crippen LogP contribution in [0.15, 0.2) is 42.0 Å². The molecule has 0 radical (unpaired) electrons. The summed E-state index contributed by atoms with van der Waals surface area (Å²) >= 11 is 1.29. The third-order valence-electron chi connectivity index (χ3n) is 6.83. The van der Waals surface area contributed by atoms with E-state index in [0.717, 1.165) is 55.5 Å². The predicted molar refractivity (Wildman–Crippen MR) is 139 cm³/mol.